The molecule has 0 aromatic rings. The van der Waals surface area contributed by atoms with Crippen molar-refractivity contribution < 1.29 is 16.8 Å². The number of hydrogen-bond donors (Lipinski definition) is 1. The molecule has 0 fully saturated rings. The van der Waals surface area contributed by atoms with Crippen molar-refractivity contribution in [2.75, 3.05) is 23.5 Å². The lowest BCUT2D eigenvalue weighted by molar-refractivity contribution is 0.466. The second kappa shape index (κ2) is 5.97. The molecule has 0 saturated heterocycles. The van der Waals surface area contributed by atoms with Gasteiger partial charge in [0.2, 0.25) is 0 Å². The van der Waals surface area contributed by atoms with Gasteiger partial charge in [-0.05, 0) is 5.92 Å². The van der Waals surface area contributed by atoms with Crippen LogP contribution in [0.3, 0.4) is 0 Å². The first-order valence-corrected chi connectivity index (χ1v) is 9.09. The lowest BCUT2D eigenvalue weighted by atomic mass is 10.0. The molecule has 0 radical (unpaired) electrons. The second-order valence-electron chi connectivity index (χ2n) is 4.29. The smallest absolute Gasteiger partial charge is 0.152 e. The van der Waals surface area contributed by atoms with Crippen LogP contribution in [0.2, 0.25) is 0 Å². The molecule has 98 valence electrons. The fourth-order valence-corrected chi connectivity index (χ4v) is 4.43. The van der Waals surface area contributed by atoms with Crippen molar-refractivity contribution in [3.8, 4) is 0 Å². The van der Waals surface area contributed by atoms with Crippen molar-refractivity contribution in [2.24, 2.45) is 11.7 Å². The van der Waals surface area contributed by atoms with E-state index < -0.39 is 25.7 Å². The van der Waals surface area contributed by atoms with Gasteiger partial charge in [0.1, 0.15) is 9.84 Å². The van der Waals surface area contributed by atoms with Gasteiger partial charge in [-0.2, -0.15) is 0 Å². The van der Waals surface area contributed by atoms with Crippen LogP contribution in [0.25, 0.3) is 0 Å². The maximum atomic E-state index is 11.6. The Labute approximate surface area is 98.2 Å². The van der Waals surface area contributed by atoms with Crippen molar-refractivity contribution >= 4 is 19.7 Å². The lowest BCUT2D eigenvalue weighted by Crippen LogP contribution is -2.37. The quantitative estimate of drug-likeness (QED) is 0.693. The van der Waals surface area contributed by atoms with Crippen molar-refractivity contribution in [3.05, 3.63) is 0 Å². The molecule has 0 aliphatic rings. The predicted molar refractivity (Wildman–Crippen MR) is 65.8 cm³/mol. The van der Waals surface area contributed by atoms with E-state index in [0.717, 1.165) is 12.7 Å². The van der Waals surface area contributed by atoms with Gasteiger partial charge >= 0.3 is 0 Å². The van der Waals surface area contributed by atoms with Gasteiger partial charge in [0.05, 0.1) is 17.3 Å². The fourth-order valence-electron chi connectivity index (χ4n) is 1.12. The monoisotopic (exact) mass is 271 g/mol. The van der Waals surface area contributed by atoms with Crippen LogP contribution in [0.4, 0.5) is 0 Å². The van der Waals surface area contributed by atoms with Crippen LogP contribution >= 0.6 is 0 Å². The summed E-state index contributed by atoms with van der Waals surface area (Å²) in [5.74, 6) is -0.691. The summed E-state index contributed by atoms with van der Waals surface area (Å²) < 4.78 is 44.8. The van der Waals surface area contributed by atoms with E-state index >= 15 is 0 Å². The summed E-state index contributed by atoms with van der Waals surface area (Å²) in [6.45, 7) is 3.82. The molecule has 0 heterocycles. The van der Waals surface area contributed by atoms with E-state index in [1.54, 1.807) is 0 Å². The highest BCUT2D eigenvalue weighted by atomic mass is 32.2. The maximum Gasteiger partial charge on any atom is 0.152 e. The van der Waals surface area contributed by atoms with E-state index in [2.05, 4.69) is 0 Å². The molecule has 2 atom stereocenters. The first-order valence-electron chi connectivity index (χ1n) is 5.21. The summed E-state index contributed by atoms with van der Waals surface area (Å²) in [5.41, 5.74) is 5.72. The molecule has 0 aromatic carbocycles. The van der Waals surface area contributed by atoms with Crippen molar-refractivity contribution in [2.45, 2.75) is 26.3 Å². The van der Waals surface area contributed by atoms with Gasteiger partial charge < -0.3 is 5.73 Å². The summed E-state index contributed by atoms with van der Waals surface area (Å²) in [6.07, 6.45) is 1.83. The lowest BCUT2D eigenvalue weighted by Gasteiger charge is -2.17. The van der Waals surface area contributed by atoms with Crippen LogP contribution in [0, 0.1) is 5.92 Å². The number of rotatable bonds is 7. The zero-order valence-electron chi connectivity index (χ0n) is 10.0. The Bertz CT molecular complexity index is 399. The minimum Gasteiger partial charge on any atom is -0.327 e. The molecule has 2 N–H and O–H groups in total. The molecule has 0 spiro atoms. The summed E-state index contributed by atoms with van der Waals surface area (Å²) in [6, 6.07) is -0.422. The van der Waals surface area contributed by atoms with E-state index in [1.165, 1.54) is 0 Å². The van der Waals surface area contributed by atoms with Crippen LogP contribution in [0.5, 0.6) is 0 Å². The fraction of sp³-hybridized carbons (Fsp3) is 1.00. The Morgan fingerprint density at radius 3 is 2.00 bits per heavy atom. The van der Waals surface area contributed by atoms with Gasteiger partial charge in [-0.1, -0.05) is 20.3 Å². The zero-order valence-corrected chi connectivity index (χ0v) is 11.6. The largest absolute Gasteiger partial charge is 0.327 e. The van der Waals surface area contributed by atoms with Gasteiger partial charge in [0, 0.05) is 12.3 Å². The number of sulfone groups is 2. The van der Waals surface area contributed by atoms with Crippen molar-refractivity contribution in [3.63, 3.8) is 0 Å². The van der Waals surface area contributed by atoms with Crippen molar-refractivity contribution in [1.29, 1.82) is 0 Å². The van der Waals surface area contributed by atoms with E-state index in [0.29, 0.717) is 0 Å². The molecule has 0 aliphatic carbocycles. The van der Waals surface area contributed by atoms with Gasteiger partial charge in [-0.25, -0.2) is 16.8 Å². The Kier molecular flexibility index (Phi) is 5.92. The van der Waals surface area contributed by atoms with Crippen LogP contribution in [0.1, 0.15) is 20.3 Å². The third kappa shape index (κ3) is 7.19. The molecule has 16 heavy (non-hydrogen) atoms. The van der Waals surface area contributed by atoms with Crippen molar-refractivity contribution in [1.82, 2.24) is 0 Å². The predicted octanol–water partition coefficient (Wildman–Crippen LogP) is -0.181. The third-order valence-electron chi connectivity index (χ3n) is 2.59. The van der Waals surface area contributed by atoms with E-state index in [4.69, 9.17) is 5.73 Å². The minimum atomic E-state index is -3.37. The Hall–Kier alpha value is -0.140. The second-order valence-corrected chi connectivity index (χ2v) is 8.78. The number of nitrogens with two attached hydrogens (primary N) is 1. The molecular weight excluding hydrogens is 250 g/mol. The van der Waals surface area contributed by atoms with Crippen LogP contribution in [-0.4, -0.2) is 46.4 Å². The Balaban J connectivity index is 4.37. The summed E-state index contributed by atoms with van der Waals surface area (Å²) in [4.78, 5) is 0. The van der Waals surface area contributed by atoms with E-state index in [-0.39, 0.29) is 23.2 Å². The SMILES string of the molecule is CCC(C)C(N)CS(=O)(=O)CCS(C)(=O)=O. The molecule has 5 nitrogen and oxygen atoms in total. The summed E-state index contributed by atoms with van der Waals surface area (Å²) in [5, 5.41) is 0. The molecule has 0 aromatic heterocycles. The van der Waals surface area contributed by atoms with Crippen LogP contribution < -0.4 is 5.73 Å². The maximum absolute atomic E-state index is 11.6. The third-order valence-corrected chi connectivity index (χ3v) is 5.51. The minimum absolute atomic E-state index is 0.119. The van der Waals surface area contributed by atoms with Gasteiger partial charge in [0.25, 0.3) is 0 Å². The zero-order chi connectivity index (χ0) is 13.0. The van der Waals surface area contributed by atoms with Gasteiger partial charge in [-0.3, -0.25) is 0 Å². The average molecular weight is 271 g/mol. The molecule has 0 aliphatic heterocycles. The standard InChI is InChI=1S/C9H21NO4S2/c1-4-8(2)9(10)7-16(13,14)6-5-15(3,11)12/h8-9H,4-7,10H2,1-3H3. The highest BCUT2D eigenvalue weighted by molar-refractivity contribution is 7.94. The van der Waals surface area contributed by atoms with Crippen LogP contribution in [0.15, 0.2) is 0 Å². The first-order chi connectivity index (χ1) is 7.07. The normalized spacial score (nSPS) is 17.0. The topological polar surface area (TPSA) is 94.3 Å². The van der Waals surface area contributed by atoms with Crippen LogP contribution in [-0.2, 0) is 19.7 Å². The Morgan fingerprint density at radius 1 is 1.12 bits per heavy atom. The molecule has 0 rings (SSSR count). The van der Waals surface area contributed by atoms with E-state index in [9.17, 15) is 16.8 Å². The average Bonchev–Trinajstić information content (AvgIpc) is 2.12. The first kappa shape index (κ1) is 15.9. The molecular formula is C9H21NO4S2. The molecule has 0 saturated carbocycles. The highest BCUT2D eigenvalue weighted by Crippen LogP contribution is 2.08. The molecule has 2 unspecified atom stereocenters. The number of hydrogen-bond acceptors (Lipinski definition) is 5. The summed E-state index contributed by atoms with van der Waals surface area (Å²) >= 11 is 0. The van der Waals surface area contributed by atoms with Gasteiger partial charge in [0.15, 0.2) is 9.84 Å². The highest BCUT2D eigenvalue weighted by Gasteiger charge is 2.21. The summed E-state index contributed by atoms with van der Waals surface area (Å²) in [7, 11) is -6.61. The van der Waals surface area contributed by atoms with E-state index in [1.807, 2.05) is 13.8 Å². The van der Waals surface area contributed by atoms with Gasteiger partial charge in [-0.15, -0.1) is 0 Å². The molecule has 0 amide bonds. The molecule has 0 bridgehead atoms. The molecule has 7 heteroatoms. The Morgan fingerprint density at radius 2 is 1.62 bits per heavy atom.